The highest BCUT2D eigenvalue weighted by molar-refractivity contribution is 9.09. The Labute approximate surface area is 91.7 Å². The monoisotopic (exact) mass is 250 g/mol. The van der Waals surface area contributed by atoms with Gasteiger partial charge in [-0.25, -0.2) is 4.68 Å². The van der Waals surface area contributed by atoms with E-state index in [1.165, 1.54) is 5.56 Å². The molecule has 0 fully saturated rings. The smallest absolute Gasteiger partial charge is 0.0677 e. The van der Waals surface area contributed by atoms with Gasteiger partial charge in [0, 0.05) is 17.7 Å². The number of rotatable bonds is 3. The standard InChI is InChI=1S/C11H11BrN2/c12-7-6-10-4-1-2-5-11(10)14-9-3-8-13-14/h1-5,8-9H,6-7H2. The second kappa shape index (κ2) is 4.42. The normalized spacial score (nSPS) is 10.4. The fraction of sp³-hybridized carbons (Fsp3) is 0.182. The van der Waals surface area contributed by atoms with Gasteiger partial charge >= 0.3 is 0 Å². The van der Waals surface area contributed by atoms with Gasteiger partial charge < -0.3 is 0 Å². The molecule has 1 aromatic heterocycles. The van der Waals surface area contributed by atoms with E-state index in [-0.39, 0.29) is 0 Å². The van der Waals surface area contributed by atoms with Crippen molar-refractivity contribution in [2.24, 2.45) is 0 Å². The molecule has 0 N–H and O–H groups in total. The van der Waals surface area contributed by atoms with Crippen LogP contribution in [0, 0.1) is 0 Å². The second-order valence-electron chi connectivity index (χ2n) is 3.02. The summed E-state index contributed by atoms with van der Waals surface area (Å²) in [6.07, 6.45) is 4.79. The van der Waals surface area contributed by atoms with Crippen LogP contribution in [-0.4, -0.2) is 15.1 Å². The van der Waals surface area contributed by atoms with E-state index in [0.29, 0.717) is 0 Å². The number of aryl methyl sites for hydroxylation is 1. The Morgan fingerprint density at radius 2 is 2.07 bits per heavy atom. The summed E-state index contributed by atoms with van der Waals surface area (Å²) in [5, 5.41) is 5.21. The number of benzene rings is 1. The van der Waals surface area contributed by atoms with Gasteiger partial charge in [0.25, 0.3) is 0 Å². The van der Waals surface area contributed by atoms with Crippen LogP contribution in [-0.2, 0) is 6.42 Å². The molecule has 2 aromatic rings. The lowest BCUT2D eigenvalue weighted by molar-refractivity contribution is 0.864. The summed E-state index contributed by atoms with van der Waals surface area (Å²) in [5.74, 6) is 0. The summed E-state index contributed by atoms with van der Waals surface area (Å²) < 4.78 is 1.90. The van der Waals surface area contributed by atoms with Crippen LogP contribution >= 0.6 is 15.9 Å². The maximum absolute atomic E-state index is 4.23. The van der Waals surface area contributed by atoms with Gasteiger partial charge in [-0.05, 0) is 24.1 Å². The van der Waals surface area contributed by atoms with Gasteiger partial charge in [0.2, 0.25) is 0 Å². The zero-order chi connectivity index (χ0) is 9.80. The summed E-state index contributed by atoms with van der Waals surface area (Å²) >= 11 is 3.45. The number of hydrogen-bond donors (Lipinski definition) is 0. The Kier molecular flexibility index (Phi) is 2.99. The van der Waals surface area contributed by atoms with Crippen LogP contribution in [0.5, 0.6) is 0 Å². The summed E-state index contributed by atoms with van der Waals surface area (Å²) in [7, 11) is 0. The topological polar surface area (TPSA) is 17.8 Å². The Hall–Kier alpha value is -1.09. The molecule has 1 aromatic carbocycles. The quantitative estimate of drug-likeness (QED) is 0.767. The van der Waals surface area contributed by atoms with E-state index in [9.17, 15) is 0 Å². The zero-order valence-electron chi connectivity index (χ0n) is 7.73. The highest BCUT2D eigenvalue weighted by atomic mass is 79.9. The molecule has 0 aliphatic rings. The molecule has 0 radical (unpaired) electrons. The molecule has 0 spiro atoms. The van der Waals surface area contributed by atoms with Crippen LogP contribution in [0.2, 0.25) is 0 Å². The first-order valence-electron chi connectivity index (χ1n) is 4.55. The minimum absolute atomic E-state index is 0.977. The molecule has 3 heteroatoms. The van der Waals surface area contributed by atoms with Gasteiger partial charge in [-0.1, -0.05) is 34.1 Å². The third-order valence-corrected chi connectivity index (χ3v) is 2.50. The number of hydrogen-bond acceptors (Lipinski definition) is 1. The molecule has 0 bridgehead atoms. The highest BCUT2D eigenvalue weighted by Crippen LogP contribution is 2.14. The lowest BCUT2D eigenvalue weighted by Gasteiger charge is -2.07. The number of halogens is 1. The average molecular weight is 251 g/mol. The molecule has 0 saturated carbocycles. The molecule has 0 unspecified atom stereocenters. The minimum atomic E-state index is 0.977. The SMILES string of the molecule is BrCCc1ccccc1-n1cccn1. The van der Waals surface area contributed by atoms with E-state index in [0.717, 1.165) is 17.4 Å². The van der Waals surface area contributed by atoms with Crippen molar-refractivity contribution in [1.82, 2.24) is 9.78 Å². The molecule has 0 aliphatic heterocycles. The highest BCUT2D eigenvalue weighted by Gasteiger charge is 2.02. The van der Waals surface area contributed by atoms with Crippen molar-refractivity contribution in [1.29, 1.82) is 0 Å². The van der Waals surface area contributed by atoms with Crippen molar-refractivity contribution in [2.75, 3.05) is 5.33 Å². The maximum atomic E-state index is 4.23. The van der Waals surface area contributed by atoms with Crippen molar-refractivity contribution in [2.45, 2.75) is 6.42 Å². The van der Waals surface area contributed by atoms with Gasteiger partial charge in [0.1, 0.15) is 0 Å². The van der Waals surface area contributed by atoms with E-state index in [1.807, 2.05) is 23.0 Å². The number of alkyl halides is 1. The molecule has 14 heavy (non-hydrogen) atoms. The van der Waals surface area contributed by atoms with Crippen LogP contribution < -0.4 is 0 Å². The molecule has 1 heterocycles. The largest absolute Gasteiger partial charge is 0.241 e. The van der Waals surface area contributed by atoms with Crippen LogP contribution in [0.3, 0.4) is 0 Å². The van der Waals surface area contributed by atoms with E-state index >= 15 is 0 Å². The fourth-order valence-electron chi connectivity index (χ4n) is 1.46. The van der Waals surface area contributed by atoms with Gasteiger partial charge in [0.15, 0.2) is 0 Å². The zero-order valence-corrected chi connectivity index (χ0v) is 9.31. The van der Waals surface area contributed by atoms with E-state index in [4.69, 9.17) is 0 Å². The van der Waals surface area contributed by atoms with E-state index < -0.39 is 0 Å². The maximum Gasteiger partial charge on any atom is 0.0677 e. The van der Waals surface area contributed by atoms with E-state index in [1.54, 1.807) is 6.20 Å². The summed E-state index contributed by atoms with van der Waals surface area (Å²) in [5.41, 5.74) is 2.48. The van der Waals surface area contributed by atoms with Crippen molar-refractivity contribution in [3.63, 3.8) is 0 Å². The van der Waals surface area contributed by atoms with Gasteiger partial charge in [0.05, 0.1) is 5.69 Å². The van der Waals surface area contributed by atoms with Crippen LogP contribution in [0.25, 0.3) is 5.69 Å². The molecule has 2 rings (SSSR count). The van der Waals surface area contributed by atoms with Gasteiger partial charge in [-0.2, -0.15) is 5.10 Å². The molecule has 2 nitrogen and oxygen atoms in total. The Morgan fingerprint density at radius 3 is 2.79 bits per heavy atom. The van der Waals surface area contributed by atoms with Crippen molar-refractivity contribution in [3.8, 4) is 5.69 Å². The van der Waals surface area contributed by atoms with E-state index in [2.05, 4.69) is 39.2 Å². The average Bonchev–Trinajstić information content (AvgIpc) is 2.72. The van der Waals surface area contributed by atoms with Crippen LogP contribution in [0.15, 0.2) is 42.7 Å². The summed E-state index contributed by atoms with van der Waals surface area (Å²) in [6.45, 7) is 0. The minimum Gasteiger partial charge on any atom is -0.241 e. The number of nitrogens with zero attached hydrogens (tertiary/aromatic N) is 2. The van der Waals surface area contributed by atoms with Gasteiger partial charge in [-0.3, -0.25) is 0 Å². The Balaban J connectivity index is 2.42. The first-order valence-corrected chi connectivity index (χ1v) is 5.68. The second-order valence-corrected chi connectivity index (χ2v) is 3.81. The summed E-state index contributed by atoms with van der Waals surface area (Å²) in [6, 6.07) is 10.3. The summed E-state index contributed by atoms with van der Waals surface area (Å²) in [4.78, 5) is 0. The first-order chi connectivity index (χ1) is 6.92. The predicted octanol–water partition coefficient (Wildman–Crippen LogP) is 2.81. The Bertz CT molecular complexity index is 395. The molecule has 0 aliphatic carbocycles. The third kappa shape index (κ3) is 1.87. The van der Waals surface area contributed by atoms with Crippen molar-refractivity contribution in [3.05, 3.63) is 48.3 Å². The molecule has 0 amide bonds. The lowest BCUT2D eigenvalue weighted by atomic mass is 10.1. The first kappa shape index (κ1) is 9.46. The van der Waals surface area contributed by atoms with Gasteiger partial charge in [-0.15, -0.1) is 0 Å². The van der Waals surface area contributed by atoms with Crippen molar-refractivity contribution >= 4 is 15.9 Å². The lowest BCUT2D eigenvalue weighted by Crippen LogP contribution is -2.00. The fourth-order valence-corrected chi connectivity index (χ4v) is 1.89. The molecular formula is C11H11BrN2. The Morgan fingerprint density at radius 1 is 1.21 bits per heavy atom. The molecule has 0 atom stereocenters. The van der Waals surface area contributed by atoms with Crippen molar-refractivity contribution < 1.29 is 0 Å². The van der Waals surface area contributed by atoms with Crippen LogP contribution in [0.1, 0.15) is 5.56 Å². The van der Waals surface area contributed by atoms with Crippen LogP contribution in [0.4, 0.5) is 0 Å². The number of aromatic nitrogens is 2. The molecule has 0 saturated heterocycles. The number of para-hydroxylation sites is 1. The molecule has 72 valence electrons. The third-order valence-electron chi connectivity index (χ3n) is 2.11. The molecular weight excluding hydrogens is 240 g/mol. The predicted molar refractivity (Wildman–Crippen MR) is 61.1 cm³/mol.